The zero-order valence-corrected chi connectivity index (χ0v) is 11.2. The summed E-state index contributed by atoms with van der Waals surface area (Å²) in [5.74, 6) is 1.05. The Labute approximate surface area is 105 Å². The van der Waals surface area contributed by atoms with Crippen LogP contribution in [0, 0.1) is 5.92 Å². The summed E-state index contributed by atoms with van der Waals surface area (Å²) >= 11 is 0. The number of likely N-dealkylation sites (N-methyl/N-ethyl adjacent to an activating group) is 1. The molecule has 2 aliphatic rings. The van der Waals surface area contributed by atoms with E-state index in [0.717, 1.165) is 45.8 Å². The smallest absolute Gasteiger partial charge is 0.223 e. The topological polar surface area (TPSA) is 26.8 Å². The van der Waals surface area contributed by atoms with Gasteiger partial charge in [0.05, 0.1) is 0 Å². The minimum atomic E-state index is 0.355. The lowest BCUT2D eigenvalue weighted by molar-refractivity contribution is -0.130. The van der Waals surface area contributed by atoms with Gasteiger partial charge in [0.1, 0.15) is 0 Å². The number of piperazine rings is 1. The van der Waals surface area contributed by atoms with Gasteiger partial charge in [0.25, 0.3) is 0 Å². The monoisotopic (exact) mass is 239 g/mol. The first-order valence-corrected chi connectivity index (χ1v) is 6.84. The number of hydrogen-bond donors (Lipinski definition) is 0. The molecule has 1 atom stereocenters. The molecule has 1 amide bonds. The van der Waals surface area contributed by atoms with Crippen LogP contribution in [0.2, 0.25) is 0 Å². The van der Waals surface area contributed by atoms with E-state index in [9.17, 15) is 4.79 Å². The van der Waals surface area contributed by atoms with Crippen molar-refractivity contribution in [1.82, 2.24) is 14.7 Å². The summed E-state index contributed by atoms with van der Waals surface area (Å²) in [5.41, 5.74) is 0. The standard InChI is InChI=1S/C13H25N3O/c1-12-3-6-16(11-12)13(17)4-5-15-9-7-14(2)8-10-15/h12H,3-11H2,1-2H3. The normalized spacial score (nSPS) is 27.6. The van der Waals surface area contributed by atoms with E-state index in [1.807, 2.05) is 4.90 Å². The van der Waals surface area contributed by atoms with Crippen LogP contribution in [0.25, 0.3) is 0 Å². The summed E-state index contributed by atoms with van der Waals surface area (Å²) in [5, 5.41) is 0. The second-order valence-electron chi connectivity index (χ2n) is 5.63. The van der Waals surface area contributed by atoms with E-state index in [4.69, 9.17) is 0 Å². The fourth-order valence-electron chi connectivity index (χ4n) is 2.64. The molecule has 98 valence electrons. The van der Waals surface area contributed by atoms with Gasteiger partial charge in [-0.05, 0) is 19.4 Å². The molecule has 2 aliphatic heterocycles. The molecule has 17 heavy (non-hydrogen) atoms. The molecular weight excluding hydrogens is 214 g/mol. The zero-order chi connectivity index (χ0) is 12.3. The van der Waals surface area contributed by atoms with Crippen molar-refractivity contribution in [3.8, 4) is 0 Å². The second-order valence-corrected chi connectivity index (χ2v) is 5.63. The SMILES string of the molecule is CC1CCN(C(=O)CCN2CCN(C)CC2)C1. The van der Waals surface area contributed by atoms with Gasteiger partial charge in [-0.2, -0.15) is 0 Å². The Kier molecular flexibility index (Phi) is 4.40. The fourth-order valence-corrected chi connectivity index (χ4v) is 2.64. The maximum Gasteiger partial charge on any atom is 0.223 e. The molecule has 0 N–H and O–H groups in total. The summed E-state index contributed by atoms with van der Waals surface area (Å²) in [6.45, 7) is 9.61. The van der Waals surface area contributed by atoms with Crippen LogP contribution in [0.5, 0.6) is 0 Å². The summed E-state index contributed by atoms with van der Waals surface area (Å²) in [6.07, 6.45) is 1.89. The Hall–Kier alpha value is -0.610. The average Bonchev–Trinajstić information content (AvgIpc) is 2.75. The van der Waals surface area contributed by atoms with Crippen molar-refractivity contribution in [1.29, 1.82) is 0 Å². The van der Waals surface area contributed by atoms with Crippen molar-refractivity contribution in [3.05, 3.63) is 0 Å². The van der Waals surface area contributed by atoms with Crippen molar-refractivity contribution in [3.63, 3.8) is 0 Å². The van der Waals surface area contributed by atoms with Crippen molar-refractivity contribution in [2.24, 2.45) is 5.92 Å². The van der Waals surface area contributed by atoms with Crippen molar-refractivity contribution < 1.29 is 4.79 Å². The third-order valence-electron chi connectivity index (χ3n) is 4.01. The van der Waals surface area contributed by atoms with E-state index < -0.39 is 0 Å². The maximum atomic E-state index is 12.0. The van der Waals surface area contributed by atoms with Gasteiger partial charge < -0.3 is 14.7 Å². The summed E-state index contributed by atoms with van der Waals surface area (Å²) in [6, 6.07) is 0. The van der Waals surface area contributed by atoms with E-state index >= 15 is 0 Å². The first kappa shape index (κ1) is 12.8. The van der Waals surface area contributed by atoms with Gasteiger partial charge in [0, 0.05) is 52.2 Å². The van der Waals surface area contributed by atoms with Crippen molar-refractivity contribution in [2.75, 3.05) is 52.9 Å². The predicted molar refractivity (Wildman–Crippen MR) is 68.9 cm³/mol. The average molecular weight is 239 g/mol. The highest BCUT2D eigenvalue weighted by Crippen LogP contribution is 2.16. The predicted octanol–water partition coefficient (Wildman–Crippen LogP) is 0.492. The number of rotatable bonds is 3. The van der Waals surface area contributed by atoms with Gasteiger partial charge in [0.2, 0.25) is 5.91 Å². The van der Waals surface area contributed by atoms with Gasteiger partial charge in [-0.3, -0.25) is 4.79 Å². The molecule has 2 heterocycles. The Bertz CT molecular complexity index is 261. The molecule has 0 bridgehead atoms. The highest BCUT2D eigenvalue weighted by Gasteiger charge is 2.23. The van der Waals surface area contributed by atoms with Gasteiger partial charge in [-0.25, -0.2) is 0 Å². The van der Waals surface area contributed by atoms with Gasteiger partial charge in [-0.1, -0.05) is 6.92 Å². The number of nitrogens with zero attached hydrogens (tertiary/aromatic N) is 3. The van der Waals surface area contributed by atoms with Crippen LogP contribution in [0.3, 0.4) is 0 Å². The highest BCUT2D eigenvalue weighted by molar-refractivity contribution is 5.76. The van der Waals surface area contributed by atoms with E-state index in [-0.39, 0.29) is 0 Å². The molecule has 4 nitrogen and oxygen atoms in total. The lowest BCUT2D eigenvalue weighted by Gasteiger charge is -2.32. The lowest BCUT2D eigenvalue weighted by atomic mass is 10.2. The van der Waals surface area contributed by atoms with Crippen LogP contribution in [-0.2, 0) is 4.79 Å². The third-order valence-corrected chi connectivity index (χ3v) is 4.01. The molecule has 1 unspecified atom stereocenters. The Balaban J connectivity index is 1.66. The zero-order valence-electron chi connectivity index (χ0n) is 11.2. The molecular formula is C13H25N3O. The molecule has 2 rings (SSSR count). The van der Waals surface area contributed by atoms with Crippen LogP contribution in [-0.4, -0.2) is 73.5 Å². The Morgan fingerprint density at radius 2 is 1.88 bits per heavy atom. The van der Waals surface area contributed by atoms with Crippen LogP contribution in [0.1, 0.15) is 19.8 Å². The number of hydrogen-bond acceptors (Lipinski definition) is 3. The fraction of sp³-hybridized carbons (Fsp3) is 0.923. The number of carbonyl (C=O) groups is 1. The lowest BCUT2D eigenvalue weighted by Crippen LogP contribution is -2.45. The molecule has 0 radical (unpaired) electrons. The first-order chi connectivity index (χ1) is 8.15. The third kappa shape index (κ3) is 3.68. The van der Waals surface area contributed by atoms with Crippen LogP contribution >= 0.6 is 0 Å². The number of likely N-dealkylation sites (tertiary alicyclic amines) is 1. The Morgan fingerprint density at radius 3 is 2.47 bits per heavy atom. The Morgan fingerprint density at radius 1 is 1.18 bits per heavy atom. The molecule has 0 aliphatic carbocycles. The van der Waals surface area contributed by atoms with E-state index in [2.05, 4.69) is 23.8 Å². The van der Waals surface area contributed by atoms with E-state index in [0.29, 0.717) is 18.2 Å². The summed E-state index contributed by atoms with van der Waals surface area (Å²) in [4.78, 5) is 18.8. The van der Waals surface area contributed by atoms with Gasteiger partial charge >= 0.3 is 0 Å². The van der Waals surface area contributed by atoms with E-state index in [1.165, 1.54) is 6.42 Å². The summed E-state index contributed by atoms with van der Waals surface area (Å²) in [7, 11) is 2.16. The number of amides is 1. The van der Waals surface area contributed by atoms with E-state index in [1.54, 1.807) is 0 Å². The highest BCUT2D eigenvalue weighted by atomic mass is 16.2. The first-order valence-electron chi connectivity index (χ1n) is 6.84. The van der Waals surface area contributed by atoms with Gasteiger partial charge in [-0.15, -0.1) is 0 Å². The molecule has 0 aromatic carbocycles. The van der Waals surface area contributed by atoms with Crippen LogP contribution in [0.4, 0.5) is 0 Å². The van der Waals surface area contributed by atoms with Crippen molar-refractivity contribution in [2.45, 2.75) is 19.8 Å². The number of carbonyl (C=O) groups excluding carboxylic acids is 1. The van der Waals surface area contributed by atoms with Crippen molar-refractivity contribution >= 4 is 5.91 Å². The molecule has 4 heteroatoms. The quantitative estimate of drug-likeness (QED) is 0.717. The maximum absolute atomic E-state index is 12.0. The minimum Gasteiger partial charge on any atom is -0.342 e. The summed E-state index contributed by atoms with van der Waals surface area (Å²) < 4.78 is 0. The van der Waals surface area contributed by atoms with Crippen LogP contribution < -0.4 is 0 Å². The van der Waals surface area contributed by atoms with Crippen LogP contribution in [0.15, 0.2) is 0 Å². The largest absolute Gasteiger partial charge is 0.342 e. The van der Waals surface area contributed by atoms with Gasteiger partial charge in [0.15, 0.2) is 0 Å². The second kappa shape index (κ2) is 5.83. The molecule has 2 fully saturated rings. The molecule has 0 spiro atoms. The minimum absolute atomic E-state index is 0.355. The molecule has 0 aromatic rings. The molecule has 2 saturated heterocycles. The molecule has 0 saturated carbocycles. The molecule has 0 aromatic heterocycles.